The summed E-state index contributed by atoms with van der Waals surface area (Å²) in [7, 11) is 2.11. The molecule has 1 aliphatic rings. The van der Waals surface area contributed by atoms with Crippen molar-refractivity contribution >= 4 is 46.0 Å². The first kappa shape index (κ1) is 20.3. The fourth-order valence-corrected chi connectivity index (χ4v) is 5.05. The second-order valence-corrected chi connectivity index (χ2v) is 8.17. The van der Waals surface area contributed by atoms with Crippen LogP contribution in [-0.4, -0.2) is 7.05 Å². The lowest BCUT2D eigenvalue weighted by molar-refractivity contribution is -0.564. The van der Waals surface area contributed by atoms with E-state index in [0.29, 0.717) is 5.15 Å². The number of pyridine rings is 1. The molecule has 3 aromatic carbocycles. The summed E-state index contributed by atoms with van der Waals surface area (Å²) in [5.41, 5.74) is 4.51. The van der Waals surface area contributed by atoms with Gasteiger partial charge in [0.25, 0.3) is 5.15 Å². The monoisotopic (exact) mass is 528 g/mol. The van der Waals surface area contributed by atoms with Gasteiger partial charge in [-0.3, -0.25) is 0 Å². The van der Waals surface area contributed by atoms with Crippen molar-refractivity contribution in [2.75, 3.05) is 11.9 Å². The van der Waals surface area contributed by atoms with Crippen molar-refractivity contribution in [2.45, 2.75) is 4.90 Å². The van der Waals surface area contributed by atoms with Gasteiger partial charge in [-0.05, 0) is 41.4 Å². The molecule has 0 saturated carbocycles. The quantitative estimate of drug-likeness (QED) is 0.224. The Morgan fingerprint density at radius 2 is 1.59 bits per heavy atom. The summed E-state index contributed by atoms with van der Waals surface area (Å²) in [6, 6.07) is 29.2. The molecule has 0 aliphatic carbocycles. The van der Waals surface area contributed by atoms with E-state index in [-0.39, 0.29) is 24.0 Å². The number of thioether (sulfide) groups is 1. The maximum Gasteiger partial charge on any atom is 0.281 e. The third kappa shape index (κ3) is 3.65. The molecular weight excluding hydrogens is 511 g/mol. The fourth-order valence-electron chi connectivity index (χ4n) is 3.64. The van der Waals surface area contributed by atoms with Crippen LogP contribution in [0.1, 0.15) is 5.56 Å². The molecule has 0 bridgehead atoms. The minimum Gasteiger partial charge on any atom is -1.00 e. The van der Waals surface area contributed by atoms with Crippen LogP contribution in [0.4, 0.5) is 5.69 Å². The number of halogens is 2. The van der Waals surface area contributed by atoms with Crippen LogP contribution in [0.5, 0.6) is 0 Å². The number of nitrogens with zero attached hydrogens (tertiary/aromatic N) is 2. The number of hydrogen-bond acceptors (Lipinski definition) is 2. The van der Waals surface area contributed by atoms with Crippen molar-refractivity contribution in [3.05, 3.63) is 101 Å². The molecule has 0 N–H and O–H groups in total. The van der Waals surface area contributed by atoms with Gasteiger partial charge in [0.15, 0.2) is 0 Å². The number of hydrogen-bond donors (Lipinski definition) is 0. The molecule has 1 aliphatic heterocycles. The lowest BCUT2D eigenvalue weighted by atomic mass is 10.1. The van der Waals surface area contributed by atoms with Crippen molar-refractivity contribution < 1.29 is 28.5 Å². The minimum absolute atomic E-state index is 0. The number of aromatic nitrogens is 1. The zero-order valence-corrected chi connectivity index (χ0v) is 19.4. The molecule has 2 heterocycles. The van der Waals surface area contributed by atoms with Gasteiger partial charge in [-0.2, -0.15) is 0 Å². The van der Waals surface area contributed by atoms with Crippen LogP contribution in [-0.2, 0) is 0 Å². The molecule has 144 valence electrons. The standard InChI is InChI=1S/C24H18ClN2S.HI/c1-26-21-13-7-8-14-22(21)28-24(26)16-17-15-23(25)27(18-9-3-2-4-10-18)20-12-6-5-11-19(17)20;/h2-16H,1H3;1H/q+1;/p-1. The third-order valence-corrected chi connectivity index (χ3v) is 6.45. The van der Waals surface area contributed by atoms with Gasteiger partial charge in [-0.15, -0.1) is 4.57 Å². The van der Waals surface area contributed by atoms with Crippen molar-refractivity contribution in [3.63, 3.8) is 0 Å². The smallest absolute Gasteiger partial charge is 0.281 e. The predicted molar refractivity (Wildman–Crippen MR) is 119 cm³/mol. The molecular formula is C24H18ClIN2S. The molecule has 0 fully saturated rings. The molecule has 0 amide bonds. The summed E-state index contributed by atoms with van der Waals surface area (Å²) < 4.78 is 2.10. The average Bonchev–Trinajstić information content (AvgIpc) is 3.04. The van der Waals surface area contributed by atoms with Crippen LogP contribution < -0.4 is 33.4 Å². The Morgan fingerprint density at radius 1 is 0.897 bits per heavy atom. The summed E-state index contributed by atoms with van der Waals surface area (Å²) in [4.78, 5) is 3.52. The highest BCUT2D eigenvalue weighted by atomic mass is 127. The Hall–Kier alpha value is -2.02. The highest BCUT2D eigenvalue weighted by Gasteiger charge is 2.24. The minimum atomic E-state index is 0. The zero-order chi connectivity index (χ0) is 19.1. The van der Waals surface area contributed by atoms with Crippen molar-refractivity contribution in [3.8, 4) is 5.69 Å². The largest absolute Gasteiger partial charge is 1.00 e. The summed E-state index contributed by atoms with van der Waals surface area (Å²) >= 11 is 8.56. The summed E-state index contributed by atoms with van der Waals surface area (Å²) in [6.07, 6.45) is 2.23. The van der Waals surface area contributed by atoms with E-state index in [0.717, 1.165) is 16.8 Å². The third-order valence-electron chi connectivity index (χ3n) is 5.01. The Bertz CT molecular complexity index is 1220. The average molecular weight is 529 g/mol. The molecule has 5 heteroatoms. The highest BCUT2D eigenvalue weighted by molar-refractivity contribution is 8.03. The van der Waals surface area contributed by atoms with E-state index in [1.54, 1.807) is 11.8 Å². The lowest BCUT2D eigenvalue weighted by Gasteiger charge is -2.14. The first-order valence-electron chi connectivity index (χ1n) is 9.13. The van der Waals surface area contributed by atoms with Gasteiger partial charge in [-0.25, -0.2) is 0 Å². The number of rotatable bonds is 2. The zero-order valence-electron chi connectivity index (χ0n) is 15.7. The molecule has 0 atom stereocenters. The Kier molecular flexibility index (Phi) is 5.86. The molecule has 5 rings (SSSR count). The van der Waals surface area contributed by atoms with Crippen LogP contribution in [0.2, 0.25) is 5.15 Å². The molecule has 0 spiro atoms. The van der Waals surface area contributed by atoms with Gasteiger partial charge in [0, 0.05) is 36.2 Å². The number of fused-ring (bicyclic) bond motifs is 2. The van der Waals surface area contributed by atoms with Gasteiger partial charge in [-0.1, -0.05) is 54.2 Å². The van der Waals surface area contributed by atoms with Crippen LogP contribution in [0.15, 0.2) is 94.9 Å². The van der Waals surface area contributed by atoms with E-state index in [9.17, 15) is 0 Å². The Balaban J connectivity index is 0.00000205. The topological polar surface area (TPSA) is 7.12 Å². The normalized spacial score (nSPS) is 14.1. The molecule has 4 aromatic rings. The molecule has 2 nitrogen and oxygen atoms in total. The number of para-hydroxylation sites is 3. The second kappa shape index (κ2) is 8.38. The van der Waals surface area contributed by atoms with Gasteiger partial charge in [0.2, 0.25) is 11.2 Å². The lowest BCUT2D eigenvalue weighted by Crippen LogP contribution is -3.00. The van der Waals surface area contributed by atoms with Crippen molar-refractivity contribution in [1.29, 1.82) is 0 Å². The second-order valence-electron chi connectivity index (χ2n) is 6.72. The summed E-state index contributed by atoms with van der Waals surface area (Å²) in [5.74, 6) is 0. The van der Waals surface area contributed by atoms with Crippen molar-refractivity contribution in [2.24, 2.45) is 0 Å². The van der Waals surface area contributed by atoms with E-state index >= 15 is 0 Å². The number of anilines is 1. The van der Waals surface area contributed by atoms with Crippen LogP contribution in [0, 0.1) is 0 Å². The maximum absolute atomic E-state index is 6.77. The van der Waals surface area contributed by atoms with Gasteiger partial charge in [0.1, 0.15) is 0 Å². The molecule has 0 radical (unpaired) electrons. The predicted octanol–water partition coefficient (Wildman–Crippen LogP) is 3.31. The molecule has 1 aromatic heterocycles. The number of benzene rings is 3. The van der Waals surface area contributed by atoms with Crippen LogP contribution in [0.25, 0.3) is 22.7 Å². The molecule has 0 saturated heterocycles. The highest BCUT2D eigenvalue weighted by Crippen LogP contribution is 2.45. The summed E-state index contributed by atoms with van der Waals surface area (Å²) in [5, 5.41) is 3.06. The van der Waals surface area contributed by atoms with E-state index in [1.807, 2.05) is 18.2 Å². The van der Waals surface area contributed by atoms with E-state index < -0.39 is 0 Å². The van der Waals surface area contributed by atoms with Gasteiger partial charge in [0.05, 0.1) is 16.1 Å². The SMILES string of the molecule is CN1C(=Cc2cc(Cl)[n+](-c3ccccc3)c3ccccc23)Sc2ccccc21.[I-]. The van der Waals surface area contributed by atoms with Crippen molar-refractivity contribution in [1.82, 2.24) is 0 Å². The first-order chi connectivity index (χ1) is 13.7. The van der Waals surface area contributed by atoms with Crippen LogP contribution in [0.3, 0.4) is 0 Å². The van der Waals surface area contributed by atoms with E-state index in [1.165, 1.54) is 21.0 Å². The molecule has 0 unspecified atom stereocenters. The first-order valence-corrected chi connectivity index (χ1v) is 10.3. The van der Waals surface area contributed by atoms with Crippen LogP contribution >= 0.6 is 23.4 Å². The van der Waals surface area contributed by atoms with E-state index in [4.69, 9.17) is 11.6 Å². The Morgan fingerprint density at radius 3 is 2.38 bits per heavy atom. The fraction of sp³-hybridized carbons (Fsp3) is 0.0417. The van der Waals surface area contributed by atoms with Gasteiger partial charge >= 0.3 is 0 Å². The van der Waals surface area contributed by atoms with E-state index in [2.05, 4.69) is 89.3 Å². The maximum atomic E-state index is 6.77. The Labute approximate surface area is 196 Å². The van der Waals surface area contributed by atoms with Gasteiger partial charge < -0.3 is 28.9 Å². The molecule has 29 heavy (non-hydrogen) atoms. The summed E-state index contributed by atoms with van der Waals surface area (Å²) in [6.45, 7) is 0.